The van der Waals surface area contributed by atoms with Gasteiger partial charge in [0.1, 0.15) is 6.10 Å². The van der Waals surface area contributed by atoms with E-state index in [0.717, 1.165) is 24.6 Å². The highest BCUT2D eigenvalue weighted by atomic mass is 16.5. The average Bonchev–Trinajstić information content (AvgIpc) is 2.63. The number of hydrogen-bond donors (Lipinski definition) is 0. The van der Waals surface area contributed by atoms with Crippen molar-refractivity contribution in [2.75, 3.05) is 39.8 Å². The highest BCUT2D eigenvalue weighted by Gasteiger charge is 2.35. The van der Waals surface area contributed by atoms with Crippen molar-refractivity contribution in [1.82, 2.24) is 14.8 Å². The predicted molar refractivity (Wildman–Crippen MR) is 107 cm³/mol. The normalized spacial score (nSPS) is 28.8. The van der Waals surface area contributed by atoms with E-state index in [9.17, 15) is 0 Å². The molecule has 0 radical (unpaired) electrons. The van der Waals surface area contributed by atoms with Crippen LogP contribution in [0.5, 0.6) is 5.88 Å². The number of rotatable bonds is 6. The van der Waals surface area contributed by atoms with Gasteiger partial charge in [0.25, 0.3) is 0 Å². The maximum atomic E-state index is 6.34. The van der Waals surface area contributed by atoms with E-state index in [1.165, 1.54) is 64.0 Å². The molecule has 5 heteroatoms. The molecule has 0 amide bonds. The van der Waals surface area contributed by atoms with Gasteiger partial charge >= 0.3 is 0 Å². The molecule has 1 saturated carbocycles. The van der Waals surface area contributed by atoms with Gasteiger partial charge in [-0.15, -0.1) is 0 Å². The van der Waals surface area contributed by atoms with Crippen molar-refractivity contribution in [3.63, 3.8) is 0 Å². The van der Waals surface area contributed by atoms with Gasteiger partial charge in [-0.25, -0.2) is 4.98 Å². The van der Waals surface area contributed by atoms with Gasteiger partial charge in [0.15, 0.2) is 0 Å². The maximum Gasteiger partial charge on any atom is 0.213 e. The standard InChI is InChI=1S/C22H35N3O2/c1-17-3-8-23-22(13-17)27-21-14-20(15-21)26-19-6-11-25(12-7-19)16-18-4-9-24(2)10-5-18/h3,8,13,18-21H,4-7,9-12,14-16H2,1-2H3. The maximum absolute atomic E-state index is 6.34. The summed E-state index contributed by atoms with van der Waals surface area (Å²) in [5.74, 6) is 1.65. The second-order valence-electron chi connectivity index (χ2n) is 8.89. The average molecular weight is 374 g/mol. The Morgan fingerprint density at radius 2 is 1.74 bits per heavy atom. The molecule has 2 aliphatic heterocycles. The molecule has 0 N–H and O–H groups in total. The number of piperidine rings is 2. The molecule has 0 spiro atoms. The molecule has 0 unspecified atom stereocenters. The molecule has 1 aliphatic carbocycles. The summed E-state index contributed by atoms with van der Waals surface area (Å²) in [6, 6.07) is 4.01. The van der Waals surface area contributed by atoms with Gasteiger partial charge in [0, 0.05) is 44.7 Å². The van der Waals surface area contributed by atoms with Crippen LogP contribution in [-0.2, 0) is 4.74 Å². The Kier molecular flexibility index (Phi) is 6.31. The second kappa shape index (κ2) is 8.89. The van der Waals surface area contributed by atoms with Crippen molar-refractivity contribution in [2.45, 2.75) is 63.8 Å². The van der Waals surface area contributed by atoms with E-state index in [-0.39, 0.29) is 6.10 Å². The zero-order chi connectivity index (χ0) is 18.6. The van der Waals surface area contributed by atoms with Crippen LogP contribution in [0.1, 0.15) is 44.1 Å². The third-order valence-corrected chi connectivity index (χ3v) is 6.50. The lowest BCUT2D eigenvalue weighted by atomic mass is 9.91. The molecule has 3 heterocycles. The largest absolute Gasteiger partial charge is 0.474 e. The van der Waals surface area contributed by atoms with Crippen molar-refractivity contribution in [1.29, 1.82) is 0 Å². The van der Waals surface area contributed by atoms with Crippen LogP contribution in [0, 0.1) is 12.8 Å². The fraction of sp³-hybridized carbons (Fsp3) is 0.773. The van der Waals surface area contributed by atoms with Gasteiger partial charge in [-0.2, -0.15) is 0 Å². The lowest BCUT2D eigenvalue weighted by Gasteiger charge is -2.40. The molecular formula is C22H35N3O2. The summed E-state index contributed by atoms with van der Waals surface area (Å²) in [6.07, 6.45) is 10.0. The molecule has 4 rings (SSSR count). The monoisotopic (exact) mass is 373 g/mol. The van der Waals surface area contributed by atoms with E-state index >= 15 is 0 Å². The predicted octanol–water partition coefficient (Wildman–Crippen LogP) is 3.12. The first kappa shape index (κ1) is 19.2. The quantitative estimate of drug-likeness (QED) is 0.766. The molecule has 5 nitrogen and oxygen atoms in total. The minimum Gasteiger partial charge on any atom is -0.474 e. The van der Waals surface area contributed by atoms with E-state index in [2.05, 4.69) is 28.8 Å². The minimum atomic E-state index is 0.272. The fourth-order valence-electron chi connectivity index (χ4n) is 4.58. The molecule has 0 atom stereocenters. The topological polar surface area (TPSA) is 37.8 Å². The van der Waals surface area contributed by atoms with Gasteiger partial charge in [0.2, 0.25) is 5.88 Å². The number of aromatic nitrogens is 1. The molecule has 150 valence electrons. The fourth-order valence-corrected chi connectivity index (χ4v) is 4.58. The Bertz CT molecular complexity index is 589. The smallest absolute Gasteiger partial charge is 0.213 e. The van der Waals surface area contributed by atoms with Crippen molar-refractivity contribution in [3.8, 4) is 5.88 Å². The summed E-state index contributed by atoms with van der Waals surface area (Å²) in [7, 11) is 2.24. The van der Waals surface area contributed by atoms with Gasteiger partial charge < -0.3 is 19.3 Å². The molecule has 0 aromatic carbocycles. The summed E-state index contributed by atoms with van der Waals surface area (Å²) in [5.41, 5.74) is 1.19. The molecule has 3 fully saturated rings. The van der Waals surface area contributed by atoms with Crippen LogP contribution in [0.25, 0.3) is 0 Å². The van der Waals surface area contributed by atoms with E-state index < -0.39 is 0 Å². The Labute approximate surface area is 164 Å². The van der Waals surface area contributed by atoms with Crippen LogP contribution in [-0.4, -0.2) is 72.9 Å². The summed E-state index contributed by atoms with van der Waals surface area (Å²) >= 11 is 0. The van der Waals surface area contributed by atoms with Crippen molar-refractivity contribution in [3.05, 3.63) is 23.9 Å². The van der Waals surface area contributed by atoms with Gasteiger partial charge in [0.05, 0.1) is 12.2 Å². The first-order valence-corrected chi connectivity index (χ1v) is 10.8. The van der Waals surface area contributed by atoms with Crippen LogP contribution in [0.15, 0.2) is 18.3 Å². The number of pyridine rings is 1. The Balaban J connectivity index is 1.11. The van der Waals surface area contributed by atoms with Crippen molar-refractivity contribution in [2.24, 2.45) is 5.92 Å². The van der Waals surface area contributed by atoms with Gasteiger partial charge in [-0.1, -0.05) is 0 Å². The van der Waals surface area contributed by atoms with E-state index in [0.29, 0.717) is 12.2 Å². The second-order valence-corrected chi connectivity index (χ2v) is 8.89. The first-order chi connectivity index (χ1) is 13.1. The van der Waals surface area contributed by atoms with Crippen LogP contribution >= 0.6 is 0 Å². The Hall–Kier alpha value is -1.17. The lowest BCUT2D eigenvalue weighted by Crippen LogP contribution is -2.46. The lowest BCUT2D eigenvalue weighted by molar-refractivity contribution is -0.111. The number of aryl methyl sites for hydroxylation is 1. The summed E-state index contributed by atoms with van der Waals surface area (Å²) in [4.78, 5) is 9.42. The highest BCUT2D eigenvalue weighted by molar-refractivity contribution is 5.19. The van der Waals surface area contributed by atoms with Gasteiger partial charge in [-0.3, -0.25) is 0 Å². The molecule has 0 bridgehead atoms. The zero-order valence-corrected chi connectivity index (χ0v) is 17.0. The van der Waals surface area contributed by atoms with Crippen molar-refractivity contribution >= 4 is 0 Å². The minimum absolute atomic E-state index is 0.272. The Morgan fingerprint density at radius 3 is 2.44 bits per heavy atom. The van der Waals surface area contributed by atoms with E-state index in [1.807, 2.05) is 18.3 Å². The third-order valence-electron chi connectivity index (χ3n) is 6.50. The van der Waals surface area contributed by atoms with E-state index in [1.54, 1.807) is 0 Å². The number of hydrogen-bond acceptors (Lipinski definition) is 5. The highest BCUT2D eigenvalue weighted by Crippen LogP contribution is 2.30. The summed E-state index contributed by atoms with van der Waals surface area (Å²) < 4.78 is 12.3. The zero-order valence-electron chi connectivity index (χ0n) is 17.0. The number of ether oxygens (including phenoxy) is 2. The van der Waals surface area contributed by atoms with Crippen LogP contribution in [0.3, 0.4) is 0 Å². The van der Waals surface area contributed by atoms with E-state index in [4.69, 9.17) is 9.47 Å². The van der Waals surface area contributed by atoms with Gasteiger partial charge in [-0.05, 0) is 70.3 Å². The summed E-state index contributed by atoms with van der Waals surface area (Å²) in [6.45, 7) is 8.32. The Morgan fingerprint density at radius 1 is 1.00 bits per heavy atom. The molecular weight excluding hydrogens is 338 g/mol. The SMILES string of the molecule is Cc1ccnc(OC2CC(OC3CCN(CC4CCN(C)CC4)CC3)C2)c1. The molecule has 1 aromatic heterocycles. The van der Waals surface area contributed by atoms with Crippen LogP contribution in [0.2, 0.25) is 0 Å². The number of likely N-dealkylation sites (tertiary alicyclic amines) is 2. The van der Waals surface area contributed by atoms with Crippen molar-refractivity contribution < 1.29 is 9.47 Å². The third kappa shape index (κ3) is 5.43. The van der Waals surface area contributed by atoms with Crippen LogP contribution in [0.4, 0.5) is 0 Å². The molecule has 27 heavy (non-hydrogen) atoms. The summed E-state index contributed by atoms with van der Waals surface area (Å²) in [5, 5.41) is 0. The van der Waals surface area contributed by atoms with Crippen LogP contribution < -0.4 is 4.74 Å². The molecule has 3 aliphatic rings. The first-order valence-electron chi connectivity index (χ1n) is 10.8. The number of nitrogens with zero attached hydrogens (tertiary/aromatic N) is 3. The molecule has 1 aromatic rings. The molecule has 2 saturated heterocycles.